The highest BCUT2D eigenvalue weighted by Gasteiger charge is 2.33. The van der Waals surface area contributed by atoms with E-state index in [0.717, 1.165) is 24.0 Å². The number of hydrogen-bond acceptors (Lipinski definition) is 4. The number of benzene rings is 3. The van der Waals surface area contributed by atoms with Crippen molar-refractivity contribution in [2.45, 2.75) is 19.0 Å². The number of rotatable bonds is 10. The molecule has 3 aromatic rings. The van der Waals surface area contributed by atoms with E-state index < -0.39 is 46.1 Å². The van der Waals surface area contributed by atoms with Gasteiger partial charge in [0, 0.05) is 31.1 Å². The Labute approximate surface area is 219 Å². The Kier molecular flexibility index (Phi) is 9.23. The van der Waals surface area contributed by atoms with Crippen molar-refractivity contribution >= 4 is 39.1 Å². The lowest BCUT2D eigenvalue weighted by molar-refractivity contribution is -0.139. The van der Waals surface area contributed by atoms with Gasteiger partial charge in [-0.25, -0.2) is 17.2 Å². The molecule has 0 aliphatic heterocycles. The van der Waals surface area contributed by atoms with Crippen LogP contribution in [-0.4, -0.2) is 51.0 Å². The van der Waals surface area contributed by atoms with Crippen LogP contribution >= 0.6 is 11.6 Å². The van der Waals surface area contributed by atoms with Crippen LogP contribution in [0.5, 0.6) is 0 Å². The molecule has 37 heavy (non-hydrogen) atoms. The first-order valence-electron chi connectivity index (χ1n) is 11.2. The number of sulfonamides is 1. The van der Waals surface area contributed by atoms with Crippen LogP contribution in [-0.2, 0) is 32.6 Å². The summed E-state index contributed by atoms with van der Waals surface area (Å²) in [5.74, 6) is -3.63. The van der Waals surface area contributed by atoms with Gasteiger partial charge in [-0.1, -0.05) is 60.1 Å². The minimum atomic E-state index is -4.10. The maximum atomic E-state index is 13.9. The Morgan fingerprint density at radius 3 is 2.22 bits per heavy atom. The van der Waals surface area contributed by atoms with E-state index in [0.29, 0.717) is 21.0 Å². The summed E-state index contributed by atoms with van der Waals surface area (Å²) in [7, 11) is -2.66. The lowest BCUT2D eigenvalue weighted by Gasteiger charge is -2.33. The molecule has 2 amide bonds. The molecule has 196 valence electrons. The third kappa shape index (κ3) is 7.27. The van der Waals surface area contributed by atoms with Crippen LogP contribution in [0.25, 0.3) is 0 Å². The summed E-state index contributed by atoms with van der Waals surface area (Å²) in [6.07, 6.45) is 0.987. The molecule has 0 saturated carbocycles. The van der Waals surface area contributed by atoms with E-state index in [4.69, 9.17) is 11.6 Å². The van der Waals surface area contributed by atoms with Gasteiger partial charge in [0.25, 0.3) is 0 Å². The zero-order valence-electron chi connectivity index (χ0n) is 20.2. The van der Waals surface area contributed by atoms with E-state index in [9.17, 15) is 26.8 Å². The van der Waals surface area contributed by atoms with Gasteiger partial charge in [-0.2, -0.15) is 0 Å². The largest absolute Gasteiger partial charge is 0.357 e. The molecule has 0 aromatic heterocycles. The minimum absolute atomic E-state index is 0.0984. The monoisotopic (exact) mass is 549 g/mol. The quantitative estimate of drug-likeness (QED) is 0.417. The Hall–Kier alpha value is -3.50. The normalized spacial score (nSPS) is 12.0. The van der Waals surface area contributed by atoms with Crippen molar-refractivity contribution in [1.29, 1.82) is 0 Å². The highest BCUT2D eigenvalue weighted by molar-refractivity contribution is 7.92. The fourth-order valence-corrected chi connectivity index (χ4v) is 4.82. The molecule has 11 heteroatoms. The number of hydrogen-bond donors (Lipinski definition) is 1. The van der Waals surface area contributed by atoms with E-state index in [1.54, 1.807) is 48.5 Å². The molecule has 3 rings (SSSR count). The zero-order chi connectivity index (χ0) is 27.2. The molecule has 3 aromatic carbocycles. The van der Waals surface area contributed by atoms with E-state index >= 15 is 0 Å². The highest BCUT2D eigenvalue weighted by atomic mass is 35.5. The van der Waals surface area contributed by atoms with Crippen LogP contribution in [0.3, 0.4) is 0 Å². The van der Waals surface area contributed by atoms with Gasteiger partial charge in [-0.05, 0) is 29.3 Å². The highest BCUT2D eigenvalue weighted by Crippen LogP contribution is 2.24. The number of nitrogens with one attached hydrogen (secondary N) is 1. The predicted octanol–water partition coefficient (Wildman–Crippen LogP) is 3.77. The molecule has 0 radical (unpaired) electrons. The summed E-state index contributed by atoms with van der Waals surface area (Å²) in [5, 5.41) is 2.92. The van der Waals surface area contributed by atoms with Crippen LogP contribution in [0.15, 0.2) is 72.8 Å². The molecule has 0 spiro atoms. The molecule has 0 bridgehead atoms. The molecule has 0 aliphatic carbocycles. The molecular formula is C26H26ClF2N3O4S. The number of anilines is 1. The number of carbonyl (C=O) groups excluding carboxylic acids is 2. The van der Waals surface area contributed by atoms with Gasteiger partial charge in [-0.3, -0.25) is 13.9 Å². The van der Waals surface area contributed by atoms with Crippen LogP contribution in [0.2, 0.25) is 5.02 Å². The zero-order valence-corrected chi connectivity index (χ0v) is 21.8. The Morgan fingerprint density at radius 2 is 1.62 bits per heavy atom. The molecule has 0 heterocycles. The molecule has 0 fully saturated rings. The van der Waals surface area contributed by atoms with Crippen LogP contribution in [0, 0.1) is 11.6 Å². The standard InChI is InChI=1S/C26H26ClF2N3O4S/c1-30-26(34)24(14-18-8-4-3-5-9-18)31(16-19-10-6-7-11-21(19)27)25(33)17-32(37(2,35)36)20-12-13-22(28)23(29)15-20/h3-13,15,24H,14,16-17H2,1-2H3,(H,30,34)/t24-/m1/s1. The van der Waals surface area contributed by atoms with Crippen molar-refractivity contribution in [2.24, 2.45) is 0 Å². The second-order valence-corrected chi connectivity index (χ2v) is 10.6. The van der Waals surface area contributed by atoms with Gasteiger partial charge in [0.05, 0.1) is 11.9 Å². The Balaban J connectivity index is 2.05. The van der Waals surface area contributed by atoms with Crippen molar-refractivity contribution in [3.05, 3.63) is 101 Å². The maximum absolute atomic E-state index is 13.9. The number of halogens is 3. The van der Waals surface area contributed by atoms with Gasteiger partial charge in [0.15, 0.2) is 11.6 Å². The second kappa shape index (κ2) is 12.2. The SMILES string of the molecule is CNC(=O)[C@@H](Cc1ccccc1)N(Cc1ccccc1Cl)C(=O)CN(c1ccc(F)c(F)c1)S(C)(=O)=O. The van der Waals surface area contributed by atoms with Crippen molar-refractivity contribution in [3.8, 4) is 0 Å². The van der Waals surface area contributed by atoms with Crippen molar-refractivity contribution in [2.75, 3.05) is 24.2 Å². The molecule has 0 aliphatic rings. The lowest BCUT2D eigenvalue weighted by atomic mass is 10.0. The number of carbonyl (C=O) groups is 2. The van der Waals surface area contributed by atoms with Crippen LogP contribution in [0.4, 0.5) is 14.5 Å². The smallest absolute Gasteiger partial charge is 0.244 e. The Morgan fingerprint density at radius 1 is 0.973 bits per heavy atom. The molecule has 0 unspecified atom stereocenters. The first kappa shape index (κ1) is 28.1. The van der Waals surface area contributed by atoms with Crippen molar-refractivity contribution in [3.63, 3.8) is 0 Å². The van der Waals surface area contributed by atoms with Gasteiger partial charge in [0.2, 0.25) is 21.8 Å². The molecule has 1 atom stereocenters. The summed E-state index contributed by atoms with van der Waals surface area (Å²) in [6.45, 7) is -0.852. The third-order valence-corrected chi connectivity index (χ3v) is 7.20. The molecular weight excluding hydrogens is 524 g/mol. The first-order valence-corrected chi connectivity index (χ1v) is 13.4. The van der Waals surface area contributed by atoms with E-state index in [1.807, 2.05) is 6.07 Å². The Bertz CT molecular complexity index is 1370. The average molecular weight is 550 g/mol. The van der Waals surface area contributed by atoms with Crippen molar-refractivity contribution < 1.29 is 26.8 Å². The third-order valence-electron chi connectivity index (χ3n) is 5.69. The topological polar surface area (TPSA) is 86.8 Å². The van der Waals surface area contributed by atoms with E-state index in [-0.39, 0.29) is 18.7 Å². The van der Waals surface area contributed by atoms with Crippen LogP contribution < -0.4 is 9.62 Å². The lowest BCUT2D eigenvalue weighted by Crippen LogP contribution is -2.52. The maximum Gasteiger partial charge on any atom is 0.244 e. The molecule has 1 N–H and O–H groups in total. The first-order chi connectivity index (χ1) is 17.5. The summed E-state index contributed by atoms with van der Waals surface area (Å²) >= 11 is 6.34. The summed E-state index contributed by atoms with van der Waals surface area (Å²) in [5.41, 5.74) is 1.08. The summed E-state index contributed by atoms with van der Waals surface area (Å²) < 4.78 is 53.3. The fourth-order valence-electron chi connectivity index (χ4n) is 3.78. The summed E-state index contributed by atoms with van der Waals surface area (Å²) in [6, 6.07) is 17.3. The van der Waals surface area contributed by atoms with Crippen LogP contribution in [0.1, 0.15) is 11.1 Å². The van der Waals surface area contributed by atoms with Crippen molar-refractivity contribution in [1.82, 2.24) is 10.2 Å². The van der Waals surface area contributed by atoms with E-state index in [1.165, 1.54) is 11.9 Å². The fraction of sp³-hybridized carbons (Fsp3) is 0.231. The average Bonchev–Trinajstić information content (AvgIpc) is 2.86. The molecule has 7 nitrogen and oxygen atoms in total. The predicted molar refractivity (Wildman–Crippen MR) is 139 cm³/mol. The van der Waals surface area contributed by atoms with E-state index in [2.05, 4.69) is 5.32 Å². The number of amides is 2. The number of likely N-dealkylation sites (N-methyl/N-ethyl adjacent to an activating group) is 1. The van der Waals surface area contributed by atoms with Gasteiger partial charge < -0.3 is 10.2 Å². The second-order valence-electron chi connectivity index (χ2n) is 8.30. The van der Waals surface area contributed by atoms with Gasteiger partial charge in [-0.15, -0.1) is 0 Å². The summed E-state index contributed by atoms with van der Waals surface area (Å²) in [4.78, 5) is 28.0. The minimum Gasteiger partial charge on any atom is -0.357 e. The van der Waals surface area contributed by atoms with Gasteiger partial charge in [0.1, 0.15) is 12.6 Å². The number of nitrogens with zero attached hydrogens (tertiary/aromatic N) is 2. The molecule has 0 saturated heterocycles. The van der Waals surface area contributed by atoms with Gasteiger partial charge >= 0.3 is 0 Å².